The van der Waals surface area contributed by atoms with Gasteiger partial charge in [-0.25, -0.2) is 9.97 Å². The van der Waals surface area contributed by atoms with Gasteiger partial charge in [0.15, 0.2) is 5.52 Å². The SMILES string of the molecule is CN(C)c1ccc(-c2cc3nccnc3c(OC[C@@H]3CN(C(=O)[C@@H]4CC=C(O)CC4)CCO3)n2)cc1. The third-order valence-electron chi connectivity index (χ3n) is 6.70. The van der Waals surface area contributed by atoms with Crippen molar-refractivity contribution < 1.29 is 19.4 Å². The Labute approximate surface area is 210 Å². The number of benzene rings is 1. The normalized spacial score (nSPS) is 20.2. The lowest BCUT2D eigenvalue weighted by molar-refractivity contribution is -0.144. The van der Waals surface area contributed by atoms with Crippen LogP contribution < -0.4 is 9.64 Å². The molecule has 3 heterocycles. The number of hydrogen-bond acceptors (Lipinski definition) is 8. The van der Waals surface area contributed by atoms with E-state index in [2.05, 4.69) is 9.97 Å². The Morgan fingerprint density at radius 3 is 2.78 bits per heavy atom. The molecule has 2 atom stereocenters. The molecule has 1 amide bonds. The fourth-order valence-electron chi connectivity index (χ4n) is 4.62. The van der Waals surface area contributed by atoms with Crippen LogP contribution >= 0.6 is 0 Å². The van der Waals surface area contributed by atoms with Crippen LogP contribution in [0.5, 0.6) is 5.88 Å². The summed E-state index contributed by atoms with van der Waals surface area (Å²) in [5.74, 6) is 0.805. The summed E-state index contributed by atoms with van der Waals surface area (Å²) in [5, 5.41) is 9.62. The molecule has 36 heavy (non-hydrogen) atoms. The van der Waals surface area contributed by atoms with Crippen molar-refractivity contribution in [1.29, 1.82) is 0 Å². The summed E-state index contributed by atoms with van der Waals surface area (Å²) in [7, 11) is 4.01. The number of rotatable bonds is 6. The van der Waals surface area contributed by atoms with Crippen molar-refractivity contribution in [1.82, 2.24) is 19.9 Å². The summed E-state index contributed by atoms with van der Waals surface area (Å²) in [6.45, 7) is 1.73. The van der Waals surface area contributed by atoms with E-state index in [9.17, 15) is 9.90 Å². The molecule has 0 unspecified atom stereocenters. The molecule has 1 fully saturated rings. The molecule has 1 aliphatic heterocycles. The highest BCUT2D eigenvalue weighted by Crippen LogP contribution is 2.29. The number of allylic oxidation sites excluding steroid dienone is 2. The van der Waals surface area contributed by atoms with Crippen LogP contribution in [0.2, 0.25) is 0 Å². The van der Waals surface area contributed by atoms with Gasteiger partial charge < -0.3 is 24.4 Å². The molecule has 1 N–H and O–H groups in total. The monoisotopic (exact) mass is 489 g/mol. The van der Waals surface area contributed by atoms with Gasteiger partial charge in [0.2, 0.25) is 11.8 Å². The first-order valence-corrected chi connectivity index (χ1v) is 12.3. The zero-order chi connectivity index (χ0) is 25.1. The van der Waals surface area contributed by atoms with Crippen molar-refractivity contribution in [3.63, 3.8) is 0 Å². The lowest BCUT2D eigenvalue weighted by atomic mass is 9.92. The molecule has 0 radical (unpaired) electrons. The van der Waals surface area contributed by atoms with Gasteiger partial charge in [0.1, 0.15) is 12.7 Å². The van der Waals surface area contributed by atoms with Crippen LogP contribution in [0.1, 0.15) is 19.3 Å². The third kappa shape index (κ3) is 5.26. The van der Waals surface area contributed by atoms with E-state index in [4.69, 9.17) is 14.5 Å². The number of carbonyl (C=O) groups is 1. The van der Waals surface area contributed by atoms with Crippen LogP contribution in [0.3, 0.4) is 0 Å². The minimum atomic E-state index is -0.271. The topological polar surface area (TPSA) is 101 Å². The van der Waals surface area contributed by atoms with E-state index >= 15 is 0 Å². The maximum atomic E-state index is 13.0. The number of aliphatic hydroxyl groups excluding tert-OH is 1. The van der Waals surface area contributed by atoms with Gasteiger partial charge in [-0.1, -0.05) is 12.1 Å². The number of anilines is 1. The summed E-state index contributed by atoms with van der Waals surface area (Å²) >= 11 is 0. The number of hydrogen-bond donors (Lipinski definition) is 1. The van der Waals surface area contributed by atoms with Gasteiger partial charge in [0, 0.05) is 56.6 Å². The number of nitrogens with zero attached hydrogens (tertiary/aromatic N) is 5. The van der Waals surface area contributed by atoms with Gasteiger partial charge in [-0.05, 0) is 37.1 Å². The molecular weight excluding hydrogens is 458 g/mol. The van der Waals surface area contributed by atoms with E-state index < -0.39 is 0 Å². The van der Waals surface area contributed by atoms with Crippen LogP contribution in [0.15, 0.2) is 54.6 Å². The summed E-state index contributed by atoms with van der Waals surface area (Å²) in [4.78, 5) is 30.6. The van der Waals surface area contributed by atoms with Crippen LogP contribution in [-0.4, -0.2) is 77.4 Å². The molecule has 2 aliphatic rings. The number of aromatic nitrogens is 3. The van der Waals surface area contributed by atoms with E-state index in [0.717, 1.165) is 16.9 Å². The second-order valence-corrected chi connectivity index (χ2v) is 9.43. The number of fused-ring (bicyclic) bond motifs is 1. The lowest BCUT2D eigenvalue weighted by Crippen LogP contribution is -2.49. The van der Waals surface area contributed by atoms with Gasteiger partial charge in [-0.3, -0.25) is 9.78 Å². The van der Waals surface area contributed by atoms with Crippen molar-refractivity contribution in [2.24, 2.45) is 5.92 Å². The van der Waals surface area contributed by atoms with E-state index in [-0.39, 0.29) is 24.5 Å². The van der Waals surface area contributed by atoms with Crippen LogP contribution in [0, 0.1) is 5.92 Å². The number of carbonyl (C=O) groups excluding carboxylic acids is 1. The first-order chi connectivity index (χ1) is 17.5. The summed E-state index contributed by atoms with van der Waals surface area (Å²) in [6, 6.07) is 10.1. The Bertz CT molecular complexity index is 1260. The molecule has 5 rings (SSSR count). The Kier molecular flexibility index (Phi) is 6.99. The largest absolute Gasteiger partial charge is 0.513 e. The first kappa shape index (κ1) is 24.0. The molecule has 3 aromatic rings. The van der Waals surface area contributed by atoms with E-state index in [1.165, 1.54) is 0 Å². The lowest BCUT2D eigenvalue weighted by Gasteiger charge is -2.35. The molecule has 2 aromatic heterocycles. The summed E-state index contributed by atoms with van der Waals surface area (Å²) in [6.07, 6.45) is 6.57. The zero-order valence-electron chi connectivity index (χ0n) is 20.6. The number of aliphatic hydroxyl groups is 1. The van der Waals surface area contributed by atoms with E-state index in [1.807, 2.05) is 54.2 Å². The third-order valence-corrected chi connectivity index (χ3v) is 6.70. The molecule has 1 saturated heterocycles. The van der Waals surface area contributed by atoms with E-state index in [1.54, 1.807) is 18.5 Å². The molecule has 0 saturated carbocycles. The van der Waals surface area contributed by atoms with Crippen LogP contribution in [-0.2, 0) is 9.53 Å². The summed E-state index contributed by atoms with van der Waals surface area (Å²) < 4.78 is 12.1. The highest BCUT2D eigenvalue weighted by Gasteiger charge is 2.30. The molecule has 188 valence electrons. The minimum absolute atomic E-state index is 0.0861. The number of amides is 1. The summed E-state index contributed by atoms with van der Waals surface area (Å²) in [5.41, 5.74) is 4.09. The molecule has 1 aliphatic carbocycles. The highest BCUT2D eigenvalue weighted by atomic mass is 16.5. The zero-order valence-corrected chi connectivity index (χ0v) is 20.6. The van der Waals surface area contributed by atoms with Gasteiger partial charge in [-0.2, -0.15) is 0 Å². The Hall–Kier alpha value is -3.72. The predicted octanol–water partition coefficient (Wildman–Crippen LogP) is 3.61. The van der Waals surface area contributed by atoms with Gasteiger partial charge in [0.05, 0.1) is 30.1 Å². The van der Waals surface area contributed by atoms with Crippen molar-refractivity contribution in [2.45, 2.75) is 25.4 Å². The first-order valence-electron chi connectivity index (χ1n) is 12.3. The average Bonchev–Trinajstić information content (AvgIpc) is 2.92. The van der Waals surface area contributed by atoms with E-state index in [0.29, 0.717) is 61.6 Å². The fraction of sp³-hybridized carbons (Fsp3) is 0.407. The van der Waals surface area contributed by atoms with Crippen LogP contribution in [0.4, 0.5) is 5.69 Å². The molecule has 0 bridgehead atoms. The van der Waals surface area contributed by atoms with Crippen molar-refractivity contribution >= 4 is 22.6 Å². The van der Waals surface area contributed by atoms with Crippen molar-refractivity contribution in [3.05, 3.63) is 54.6 Å². The van der Waals surface area contributed by atoms with Gasteiger partial charge >= 0.3 is 0 Å². The maximum absolute atomic E-state index is 13.0. The molecular formula is C27H31N5O4. The second-order valence-electron chi connectivity index (χ2n) is 9.43. The minimum Gasteiger partial charge on any atom is -0.513 e. The number of pyridine rings is 1. The Morgan fingerprint density at radius 2 is 2.03 bits per heavy atom. The molecule has 9 heteroatoms. The fourth-order valence-corrected chi connectivity index (χ4v) is 4.62. The molecule has 9 nitrogen and oxygen atoms in total. The maximum Gasteiger partial charge on any atom is 0.242 e. The second kappa shape index (κ2) is 10.5. The molecule has 0 spiro atoms. The quantitative estimate of drug-likeness (QED) is 0.561. The van der Waals surface area contributed by atoms with Crippen LogP contribution in [0.25, 0.3) is 22.3 Å². The number of ether oxygens (including phenoxy) is 2. The molecule has 1 aromatic carbocycles. The smallest absolute Gasteiger partial charge is 0.242 e. The standard InChI is InChI=1S/C27H31N5O4/c1-31(2)20-7-3-18(4-8-20)23-15-24-25(29-12-11-28-24)26(30-23)36-17-22-16-32(13-14-35-22)27(34)19-5-9-21(33)10-6-19/h3-4,7-9,11-12,15,19,22,33H,5-6,10,13-14,16-17H2,1-2H3/t19-,22+/m1/s1. The Morgan fingerprint density at radius 1 is 1.22 bits per heavy atom. The highest BCUT2D eigenvalue weighted by molar-refractivity contribution is 5.83. The van der Waals surface area contributed by atoms with Crippen molar-refractivity contribution in [2.75, 3.05) is 45.3 Å². The number of morpholine rings is 1. The Balaban J connectivity index is 1.30. The van der Waals surface area contributed by atoms with Gasteiger partial charge in [0.25, 0.3) is 0 Å². The van der Waals surface area contributed by atoms with Gasteiger partial charge in [-0.15, -0.1) is 0 Å². The van der Waals surface area contributed by atoms with Crippen molar-refractivity contribution in [3.8, 4) is 17.1 Å². The average molecular weight is 490 g/mol. The predicted molar refractivity (Wildman–Crippen MR) is 137 cm³/mol.